The van der Waals surface area contributed by atoms with Crippen molar-refractivity contribution in [3.05, 3.63) is 29.8 Å². The molecule has 1 aliphatic heterocycles. The van der Waals surface area contributed by atoms with Crippen LogP contribution in [0.25, 0.3) is 0 Å². The topological polar surface area (TPSA) is 105 Å². The van der Waals surface area contributed by atoms with Gasteiger partial charge in [0.25, 0.3) is 11.8 Å². The molecule has 8 nitrogen and oxygen atoms in total. The number of imide groups is 1. The molecular formula is C19H25N3O5. The molecule has 2 rings (SSSR count). The van der Waals surface area contributed by atoms with Crippen LogP contribution in [0.3, 0.4) is 0 Å². The summed E-state index contributed by atoms with van der Waals surface area (Å²) in [6.45, 7) is 6.28. The number of amides is 4. The van der Waals surface area contributed by atoms with E-state index in [1.54, 1.807) is 26.0 Å². The molecule has 1 heterocycles. The SMILES string of the molecule is CCc1ccc(NC(=O)[C@@H](C)OC(=O)CN2C(=O)N[C@@](C)(CC)C2=O)cc1. The molecule has 0 aliphatic carbocycles. The van der Waals surface area contributed by atoms with Gasteiger partial charge in [-0.25, -0.2) is 4.79 Å². The first-order chi connectivity index (χ1) is 12.7. The Balaban J connectivity index is 1.90. The third-order valence-corrected chi connectivity index (χ3v) is 4.65. The minimum absolute atomic E-state index is 0.402. The second-order valence-electron chi connectivity index (χ2n) is 6.68. The molecular weight excluding hydrogens is 350 g/mol. The Labute approximate surface area is 158 Å². The van der Waals surface area contributed by atoms with Crippen molar-refractivity contribution in [2.75, 3.05) is 11.9 Å². The number of carbonyl (C=O) groups is 4. The fraction of sp³-hybridized carbons (Fsp3) is 0.474. The molecule has 2 N–H and O–H groups in total. The zero-order valence-corrected chi connectivity index (χ0v) is 16.0. The van der Waals surface area contributed by atoms with Crippen molar-refractivity contribution >= 4 is 29.5 Å². The maximum atomic E-state index is 12.3. The van der Waals surface area contributed by atoms with E-state index in [2.05, 4.69) is 10.6 Å². The standard InChI is InChI=1S/C19H25N3O5/c1-5-13-7-9-14(10-8-13)20-16(24)12(3)27-15(23)11-22-17(25)19(4,6-2)21-18(22)26/h7-10,12H,5-6,11H2,1-4H3,(H,20,24)(H,21,26)/t12-,19+/m1/s1. The second kappa shape index (κ2) is 8.20. The normalized spacial score (nSPS) is 20.2. The van der Waals surface area contributed by atoms with Crippen molar-refractivity contribution in [3.63, 3.8) is 0 Å². The van der Waals surface area contributed by atoms with E-state index in [1.807, 2.05) is 19.1 Å². The van der Waals surface area contributed by atoms with Crippen LogP contribution in [0, 0.1) is 0 Å². The summed E-state index contributed by atoms with van der Waals surface area (Å²) in [7, 11) is 0. The minimum Gasteiger partial charge on any atom is -0.451 e. The maximum absolute atomic E-state index is 12.3. The van der Waals surface area contributed by atoms with Crippen LogP contribution in [-0.4, -0.2) is 46.9 Å². The molecule has 1 fully saturated rings. The first-order valence-corrected chi connectivity index (χ1v) is 8.93. The molecule has 0 radical (unpaired) electrons. The predicted molar refractivity (Wildman–Crippen MR) is 98.9 cm³/mol. The highest BCUT2D eigenvalue weighted by atomic mass is 16.5. The van der Waals surface area contributed by atoms with Gasteiger partial charge in [0.2, 0.25) is 0 Å². The first kappa shape index (κ1) is 20.4. The van der Waals surface area contributed by atoms with Gasteiger partial charge in [-0.3, -0.25) is 19.3 Å². The van der Waals surface area contributed by atoms with Gasteiger partial charge in [-0.2, -0.15) is 0 Å². The Morgan fingerprint density at radius 3 is 2.37 bits per heavy atom. The van der Waals surface area contributed by atoms with E-state index in [0.29, 0.717) is 12.1 Å². The van der Waals surface area contributed by atoms with Crippen LogP contribution in [0.4, 0.5) is 10.5 Å². The van der Waals surface area contributed by atoms with Gasteiger partial charge in [-0.15, -0.1) is 0 Å². The molecule has 1 saturated heterocycles. The number of anilines is 1. The summed E-state index contributed by atoms with van der Waals surface area (Å²) in [5.41, 5.74) is 0.707. The van der Waals surface area contributed by atoms with Crippen molar-refractivity contribution < 1.29 is 23.9 Å². The van der Waals surface area contributed by atoms with Crippen LogP contribution >= 0.6 is 0 Å². The highest BCUT2D eigenvalue weighted by Crippen LogP contribution is 2.20. The number of carbonyl (C=O) groups excluding carboxylic acids is 4. The number of rotatable bonds is 7. The Morgan fingerprint density at radius 2 is 1.85 bits per heavy atom. The molecule has 146 valence electrons. The summed E-state index contributed by atoms with van der Waals surface area (Å²) in [6, 6.07) is 6.69. The fourth-order valence-electron chi connectivity index (χ4n) is 2.62. The highest BCUT2D eigenvalue weighted by Gasteiger charge is 2.47. The average Bonchev–Trinajstić information content (AvgIpc) is 2.86. The third kappa shape index (κ3) is 4.64. The number of hydrogen-bond acceptors (Lipinski definition) is 5. The van der Waals surface area contributed by atoms with Gasteiger partial charge in [0.15, 0.2) is 6.10 Å². The predicted octanol–water partition coefficient (Wildman–Crippen LogP) is 1.84. The van der Waals surface area contributed by atoms with Gasteiger partial charge in [0.1, 0.15) is 12.1 Å². The van der Waals surface area contributed by atoms with Crippen molar-refractivity contribution in [1.82, 2.24) is 10.2 Å². The number of aryl methyl sites for hydroxylation is 1. The first-order valence-electron chi connectivity index (χ1n) is 8.93. The van der Waals surface area contributed by atoms with Crippen molar-refractivity contribution in [3.8, 4) is 0 Å². The van der Waals surface area contributed by atoms with Crippen LogP contribution in [0.5, 0.6) is 0 Å². The molecule has 1 aromatic rings. The lowest BCUT2D eigenvalue weighted by atomic mass is 9.99. The maximum Gasteiger partial charge on any atom is 0.327 e. The third-order valence-electron chi connectivity index (χ3n) is 4.65. The van der Waals surface area contributed by atoms with Gasteiger partial charge in [0.05, 0.1) is 0 Å². The smallest absolute Gasteiger partial charge is 0.327 e. The molecule has 0 aromatic heterocycles. The molecule has 4 amide bonds. The number of ether oxygens (including phenoxy) is 1. The molecule has 0 spiro atoms. The summed E-state index contributed by atoms with van der Waals surface area (Å²) in [4.78, 5) is 49.2. The zero-order chi connectivity index (χ0) is 20.2. The van der Waals surface area contributed by atoms with Crippen LogP contribution in [0.2, 0.25) is 0 Å². The van der Waals surface area contributed by atoms with E-state index in [1.165, 1.54) is 6.92 Å². The van der Waals surface area contributed by atoms with E-state index >= 15 is 0 Å². The van der Waals surface area contributed by atoms with Crippen LogP contribution in [0.15, 0.2) is 24.3 Å². The molecule has 0 saturated carbocycles. The molecule has 0 bridgehead atoms. The molecule has 1 aromatic carbocycles. The highest BCUT2D eigenvalue weighted by molar-refractivity contribution is 6.08. The van der Waals surface area contributed by atoms with E-state index in [9.17, 15) is 19.2 Å². The monoisotopic (exact) mass is 375 g/mol. The Hall–Kier alpha value is -2.90. The summed E-state index contributed by atoms with van der Waals surface area (Å²) >= 11 is 0. The fourth-order valence-corrected chi connectivity index (χ4v) is 2.62. The number of benzene rings is 1. The lowest BCUT2D eigenvalue weighted by molar-refractivity contribution is -0.155. The van der Waals surface area contributed by atoms with Crippen LogP contribution in [-0.2, 0) is 25.5 Å². The Kier molecular flexibility index (Phi) is 6.20. The summed E-state index contributed by atoms with van der Waals surface area (Å²) in [5, 5.41) is 5.21. The van der Waals surface area contributed by atoms with Gasteiger partial charge < -0.3 is 15.4 Å². The van der Waals surface area contributed by atoms with E-state index < -0.39 is 42.0 Å². The van der Waals surface area contributed by atoms with Crippen LogP contribution in [0.1, 0.15) is 39.7 Å². The van der Waals surface area contributed by atoms with Gasteiger partial charge in [-0.1, -0.05) is 26.0 Å². The number of esters is 1. The minimum atomic E-state index is -1.07. The van der Waals surface area contributed by atoms with Crippen molar-refractivity contribution in [2.45, 2.75) is 52.2 Å². The number of nitrogens with zero attached hydrogens (tertiary/aromatic N) is 1. The quantitative estimate of drug-likeness (QED) is 0.559. The lowest BCUT2D eigenvalue weighted by Crippen LogP contribution is -2.44. The summed E-state index contributed by atoms with van der Waals surface area (Å²) in [6.07, 6.45) is 0.225. The summed E-state index contributed by atoms with van der Waals surface area (Å²) in [5.74, 6) is -1.81. The zero-order valence-electron chi connectivity index (χ0n) is 16.0. The largest absolute Gasteiger partial charge is 0.451 e. The van der Waals surface area contributed by atoms with Crippen molar-refractivity contribution in [1.29, 1.82) is 0 Å². The molecule has 27 heavy (non-hydrogen) atoms. The van der Waals surface area contributed by atoms with Crippen LogP contribution < -0.4 is 10.6 Å². The Morgan fingerprint density at radius 1 is 1.22 bits per heavy atom. The summed E-state index contributed by atoms with van der Waals surface area (Å²) < 4.78 is 5.06. The molecule has 2 atom stereocenters. The van der Waals surface area contributed by atoms with Gasteiger partial charge in [-0.05, 0) is 44.4 Å². The van der Waals surface area contributed by atoms with E-state index in [4.69, 9.17) is 4.74 Å². The van der Waals surface area contributed by atoms with E-state index in [0.717, 1.165) is 16.9 Å². The van der Waals surface area contributed by atoms with Gasteiger partial charge in [0, 0.05) is 5.69 Å². The Bertz CT molecular complexity index is 746. The molecule has 1 aliphatic rings. The number of urea groups is 1. The second-order valence-corrected chi connectivity index (χ2v) is 6.68. The molecule has 0 unspecified atom stereocenters. The van der Waals surface area contributed by atoms with Crippen molar-refractivity contribution in [2.24, 2.45) is 0 Å². The molecule has 8 heteroatoms. The van der Waals surface area contributed by atoms with Gasteiger partial charge >= 0.3 is 12.0 Å². The number of hydrogen-bond donors (Lipinski definition) is 2. The van der Waals surface area contributed by atoms with E-state index in [-0.39, 0.29) is 0 Å². The number of nitrogens with one attached hydrogen (secondary N) is 2. The lowest BCUT2D eigenvalue weighted by Gasteiger charge is -2.19. The average molecular weight is 375 g/mol.